The van der Waals surface area contributed by atoms with Crippen LogP contribution in [0.2, 0.25) is 0 Å². The van der Waals surface area contributed by atoms with Crippen LogP contribution in [0.4, 0.5) is 4.79 Å². The number of carbonyl (C=O) groups is 1. The van der Waals surface area contributed by atoms with E-state index in [-0.39, 0.29) is 6.03 Å². The molecule has 4 heteroatoms. The van der Waals surface area contributed by atoms with Crippen LogP contribution in [0, 0.1) is 11.8 Å². The van der Waals surface area contributed by atoms with Gasteiger partial charge in [-0.3, -0.25) is 0 Å². The molecule has 2 atom stereocenters. The standard InChI is InChI=1S/C13H25N3O/c1-10-4-7-16(8-5-10)13(17)15-12-3-6-14-9-11(12)2/h10-12,14H,3-9H2,1-2H3,(H,15,17). The molecule has 2 heterocycles. The van der Waals surface area contributed by atoms with Crippen LogP contribution in [0.5, 0.6) is 0 Å². The third kappa shape index (κ3) is 3.35. The number of carbonyl (C=O) groups excluding carboxylic acids is 1. The van der Waals surface area contributed by atoms with Crippen molar-refractivity contribution in [3.63, 3.8) is 0 Å². The number of likely N-dealkylation sites (tertiary alicyclic amines) is 1. The van der Waals surface area contributed by atoms with Gasteiger partial charge in [0.05, 0.1) is 0 Å². The molecule has 4 nitrogen and oxygen atoms in total. The van der Waals surface area contributed by atoms with Crippen LogP contribution in [0.3, 0.4) is 0 Å². The Morgan fingerprint density at radius 3 is 2.59 bits per heavy atom. The Bertz CT molecular complexity index is 261. The summed E-state index contributed by atoms with van der Waals surface area (Å²) < 4.78 is 0. The average Bonchev–Trinajstić information content (AvgIpc) is 2.33. The first-order valence-corrected chi connectivity index (χ1v) is 6.93. The van der Waals surface area contributed by atoms with E-state index >= 15 is 0 Å². The van der Waals surface area contributed by atoms with Gasteiger partial charge >= 0.3 is 6.03 Å². The topological polar surface area (TPSA) is 44.4 Å². The second kappa shape index (κ2) is 5.71. The van der Waals surface area contributed by atoms with E-state index in [0.29, 0.717) is 12.0 Å². The molecule has 0 aromatic carbocycles. The fourth-order valence-corrected chi connectivity index (χ4v) is 2.69. The Morgan fingerprint density at radius 1 is 1.24 bits per heavy atom. The average molecular weight is 239 g/mol. The van der Waals surface area contributed by atoms with Gasteiger partial charge < -0.3 is 15.5 Å². The lowest BCUT2D eigenvalue weighted by Crippen LogP contribution is -2.53. The minimum Gasteiger partial charge on any atom is -0.335 e. The first-order chi connectivity index (χ1) is 8.16. The van der Waals surface area contributed by atoms with Crippen molar-refractivity contribution in [2.24, 2.45) is 11.8 Å². The van der Waals surface area contributed by atoms with Gasteiger partial charge in [0.15, 0.2) is 0 Å². The van der Waals surface area contributed by atoms with E-state index in [1.165, 1.54) is 0 Å². The summed E-state index contributed by atoms with van der Waals surface area (Å²) in [5.41, 5.74) is 0. The molecule has 0 aromatic heterocycles. The van der Waals surface area contributed by atoms with E-state index in [4.69, 9.17) is 0 Å². The minimum atomic E-state index is 0.149. The summed E-state index contributed by atoms with van der Waals surface area (Å²) in [6.45, 7) is 8.35. The fourth-order valence-electron chi connectivity index (χ4n) is 2.69. The van der Waals surface area contributed by atoms with Gasteiger partial charge in [0.1, 0.15) is 0 Å². The molecular formula is C13H25N3O. The summed E-state index contributed by atoms with van der Waals surface area (Å²) in [6.07, 6.45) is 3.35. The number of hydrogen-bond donors (Lipinski definition) is 2. The molecule has 0 bridgehead atoms. The molecule has 0 aromatic rings. The quantitative estimate of drug-likeness (QED) is 0.727. The highest BCUT2D eigenvalue weighted by Crippen LogP contribution is 2.17. The molecule has 2 fully saturated rings. The maximum absolute atomic E-state index is 12.1. The summed E-state index contributed by atoms with van der Waals surface area (Å²) in [4.78, 5) is 14.1. The van der Waals surface area contributed by atoms with Crippen LogP contribution >= 0.6 is 0 Å². The number of urea groups is 1. The third-order valence-electron chi connectivity index (χ3n) is 4.17. The molecule has 2 N–H and O–H groups in total. The minimum absolute atomic E-state index is 0.149. The molecule has 0 aliphatic carbocycles. The maximum Gasteiger partial charge on any atom is 0.317 e. The monoisotopic (exact) mass is 239 g/mol. The van der Waals surface area contributed by atoms with E-state index in [0.717, 1.165) is 51.4 Å². The molecule has 17 heavy (non-hydrogen) atoms. The number of piperidine rings is 2. The highest BCUT2D eigenvalue weighted by atomic mass is 16.2. The number of amides is 2. The lowest BCUT2D eigenvalue weighted by molar-refractivity contribution is 0.163. The Balaban J connectivity index is 1.79. The largest absolute Gasteiger partial charge is 0.335 e. The molecule has 98 valence electrons. The van der Waals surface area contributed by atoms with Crippen molar-refractivity contribution in [3.05, 3.63) is 0 Å². The zero-order valence-electron chi connectivity index (χ0n) is 11.0. The number of nitrogens with one attached hydrogen (secondary N) is 2. The van der Waals surface area contributed by atoms with Gasteiger partial charge in [-0.2, -0.15) is 0 Å². The molecule has 2 amide bonds. The smallest absolute Gasteiger partial charge is 0.317 e. The van der Waals surface area contributed by atoms with Crippen molar-refractivity contribution < 1.29 is 4.79 Å². The second-order valence-electron chi connectivity index (χ2n) is 5.70. The number of nitrogens with zero attached hydrogens (tertiary/aromatic N) is 1. The van der Waals surface area contributed by atoms with Crippen LogP contribution in [0.15, 0.2) is 0 Å². The van der Waals surface area contributed by atoms with E-state index in [9.17, 15) is 4.79 Å². The van der Waals surface area contributed by atoms with Crippen molar-refractivity contribution in [3.8, 4) is 0 Å². The van der Waals surface area contributed by atoms with Gasteiger partial charge in [-0.05, 0) is 44.2 Å². The number of rotatable bonds is 1. The van der Waals surface area contributed by atoms with E-state index in [2.05, 4.69) is 24.5 Å². The molecule has 2 rings (SSSR count). The van der Waals surface area contributed by atoms with Gasteiger partial charge in [0, 0.05) is 19.1 Å². The van der Waals surface area contributed by atoms with E-state index in [1.54, 1.807) is 0 Å². The molecule has 2 aliphatic rings. The predicted octanol–water partition coefficient (Wildman–Crippen LogP) is 1.43. The van der Waals surface area contributed by atoms with Gasteiger partial charge in [0.25, 0.3) is 0 Å². The summed E-state index contributed by atoms with van der Waals surface area (Å²) in [5, 5.41) is 6.56. The summed E-state index contributed by atoms with van der Waals surface area (Å²) >= 11 is 0. The molecular weight excluding hydrogens is 214 g/mol. The molecule has 0 radical (unpaired) electrons. The Morgan fingerprint density at radius 2 is 1.94 bits per heavy atom. The van der Waals surface area contributed by atoms with Gasteiger partial charge in [0.2, 0.25) is 0 Å². The van der Waals surface area contributed by atoms with Crippen molar-refractivity contribution in [1.82, 2.24) is 15.5 Å². The van der Waals surface area contributed by atoms with Crippen molar-refractivity contribution in [1.29, 1.82) is 0 Å². The highest BCUT2D eigenvalue weighted by molar-refractivity contribution is 5.74. The van der Waals surface area contributed by atoms with Crippen LogP contribution < -0.4 is 10.6 Å². The van der Waals surface area contributed by atoms with E-state index < -0.39 is 0 Å². The lowest BCUT2D eigenvalue weighted by atomic mass is 9.95. The van der Waals surface area contributed by atoms with E-state index in [1.807, 2.05) is 4.90 Å². The summed E-state index contributed by atoms with van der Waals surface area (Å²) in [7, 11) is 0. The fraction of sp³-hybridized carbons (Fsp3) is 0.923. The Hall–Kier alpha value is -0.770. The SMILES string of the molecule is CC1CCN(C(=O)NC2CCNCC2C)CC1. The summed E-state index contributed by atoms with van der Waals surface area (Å²) in [5.74, 6) is 1.31. The van der Waals surface area contributed by atoms with Crippen molar-refractivity contribution >= 4 is 6.03 Å². The van der Waals surface area contributed by atoms with Gasteiger partial charge in [-0.1, -0.05) is 13.8 Å². The second-order valence-corrected chi connectivity index (χ2v) is 5.70. The highest BCUT2D eigenvalue weighted by Gasteiger charge is 2.26. The Labute approximate surface area is 104 Å². The Kier molecular flexibility index (Phi) is 4.26. The van der Waals surface area contributed by atoms with Crippen molar-refractivity contribution in [2.45, 2.75) is 39.2 Å². The lowest BCUT2D eigenvalue weighted by Gasteiger charge is -2.35. The first kappa shape index (κ1) is 12.7. The van der Waals surface area contributed by atoms with Crippen LogP contribution in [0.1, 0.15) is 33.1 Å². The predicted molar refractivity (Wildman–Crippen MR) is 68.9 cm³/mol. The number of hydrogen-bond acceptors (Lipinski definition) is 2. The summed E-state index contributed by atoms with van der Waals surface area (Å²) in [6, 6.07) is 0.499. The van der Waals surface area contributed by atoms with Crippen LogP contribution in [-0.4, -0.2) is 43.2 Å². The zero-order chi connectivity index (χ0) is 12.3. The molecule has 0 saturated carbocycles. The molecule has 2 unspecified atom stereocenters. The first-order valence-electron chi connectivity index (χ1n) is 6.93. The van der Waals surface area contributed by atoms with Crippen LogP contribution in [0.25, 0.3) is 0 Å². The molecule has 0 spiro atoms. The van der Waals surface area contributed by atoms with Crippen molar-refractivity contribution in [2.75, 3.05) is 26.2 Å². The normalized spacial score (nSPS) is 31.3. The van der Waals surface area contributed by atoms with Crippen LogP contribution in [-0.2, 0) is 0 Å². The third-order valence-corrected chi connectivity index (χ3v) is 4.17. The molecule has 2 saturated heterocycles. The van der Waals surface area contributed by atoms with Gasteiger partial charge in [-0.25, -0.2) is 4.79 Å². The van der Waals surface area contributed by atoms with Gasteiger partial charge in [-0.15, -0.1) is 0 Å². The zero-order valence-corrected chi connectivity index (χ0v) is 11.0. The maximum atomic E-state index is 12.1. The molecule has 2 aliphatic heterocycles.